The van der Waals surface area contributed by atoms with Crippen LogP contribution < -0.4 is 0 Å². The summed E-state index contributed by atoms with van der Waals surface area (Å²) in [4.78, 5) is 0. The Bertz CT molecular complexity index is 333. The number of aliphatic hydroxyl groups is 4. The second kappa shape index (κ2) is 8.48. The lowest BCUT2D eigenvalue weighted by molar-refractivity contribution is -0.0737. The van der Waals surface area contributed by atoms with Gasteiger partial charge in [0.1, 0.15) is 0 Å². The van der Waals surface area contributed by atoms with Crippen LogP contribution in [0.3, 0.4) is 0 Å². The monoisotopic (exact) mass is 344 g/mol. The van der Waals surface area contributed by atoms with E-state index in [1.54, 1.807) is 27.7 Å². The second-order valence-corrected chi connectivity index (χ2v) is 9.49. The highest BCUT2D eigenvalue weighted by molar-refractivity contribution is 4.88. The molecule has 0 radical (unpaired) electrons. The van der Waals surface area contributed by atoms with Crippen molar-refractivity contribution in [1.29, 1.82) is 0 Å². The van der Waals surface area contributed by atoms with Crippen molar-refractivity contribution >= 4 is 0 Å². The summed E-state index contributed by atoms with van der Waals surface area (Å²) in [6, 6.07) is 0. The van der Waals surface area contributed by atoms with Gasteiger partial charge in [-0.15, -0.1) is 0 Å². The molecule has 2 saturated carbocycles. The molecular weight excluding hydrogens is 304 g/mol. The van der Waals surface area contributed by atoms with Gasteiger partial charge in [0.15, 0.2) is 0 Å². The lowest BCUT2D eigenvalue weighted by atomic mass is 9.73. The van der Waals surface area contributed by atoms with Crippen LogP contribution in [-0.4, -0.2) is 43.8 Å². The van der Waals surface area contributed by atoms with Gasteiger partial charge in [-0.3, -0.25) is 0 Å². The van der Waals surface area contributed by atoms with E-state index in [0.717, 1.165) is 38.5 Å². The van der Waals surface area contributed by atoms with Gasteiger partial charge in [0, 0.05) is 11.8 Å². The van der Waals surface area contributed by atoms with Crippen LogP contribution in [-0.2, 0) is 0 Å². The van der Waals surface area contributed by atoms with Crippen molar-refractivity contribution in [3.05, 3.63) is 0 Å². The fourth-order valence-electron chi connectivity index (χ4n) is 4.35. The SMILES string of the molecule is C[C@H]1CC[C@@H](C(C)(C)O)[C@@H](O)C1.C[C@H]1CC[C@H](C(C)(C)O)[C@H](O)C1. The molecule has 4 nitrogen and oxygen atoms in total. The van der Waals surface area contributed by atoms with Gasteiger partial charge < -0.3 is 20.4 Å². The molecule has 0 amide bonds. The van der Waals surface area contributed by atoms with E-state index < -0.39 is 11.2 Å². The minimum atomic E-state index is -0.723. The molecule has 0 aromatic rings. The van der Waals surface area contributed by atoms with Crippen molar-refractivity contribution in [3.63, 3.8) is 0 Å². The van der Waals surface area contributed by atoms with Gasteiger partial charge in [-0.1, -0.05) is 26.7 Å². The number of hydrogen-bond donors (Lipinski definition) is 4. The van der Waals surface area contributed by atoms with Crippen molar-refractivity contribution in [3.8, 4) is 0 Å². The predicted octanol–water partition coefficient (Wildman–Crippen LogP) is 3.11. The van der Waals surface area contributed by atoms with Gasteiger partial charge in [0.05, 0.1) is 23.4 Å². The number of rotatable bonds is 2. The average molecular weight is 345 g/mol. The van der Waals surface area contributed by atoms with Gasteiger partial charge in [-0.05, 0) is 65.2 Å². The minimum absolute atomic E-state index is 0.0636. The van der Waals surface area contributed by atoms with Gasteiger partial charge in [-0.25, -0.2) is 0 Å². The summed E-state index contributed by atoms with van der Waals surface area (Å²) in [5.41, 5.74) is -1.45. The van der Waals surface area contributed by atoms with E-state index in [2.05, 4.69) is 13.8 Å². The van der Waals surface area contributed by atoms with Crippen LogP contribution in [0.15, 0.2) is 0 Å². The molecule has 2 aliphatic rings. The first-order valence-corrected chi connectivity index (χ1v) is 9.63. The third-order valence-electron chi connectivity index (χ3n) is 5.97. The van der Waals surface area contributed by atoms with Gasteiger partial charge >= 0.3 is 0 Å². The maximum atomic E-state index is 9.74. The summed E-state index contributed by atoms with van der Waals surface area (Å²) in [5, 5.41) is 38.9. The molecular formula is C20H40O4. The second-order valence-electron chi connectivity index (χ2n) is 9.49. The number of aliphatic hydroxyl groups excluding tert-OH is 2. The zero-order valence-electron chi connectivity index (χ0n) is 16.5. The lowest BCUT2D eigenvalue weighted by Gasteiger charge is -2.38. The molecule has 24 heavy (non-hydrogen) atoms. The van der Waals surface area contributed by atoms with Crippen LogP contribution in [0.4, 0.5) is 0 Å². The Morgan fingerprint density at radius 2 is 0.917 bits per heavy atom. The zero-order valence-corrected chi connectivity index (χ0v) is 16.5. The maximum Gasteiger partial charge on any atom is 0.0644 e. The van der Waals surface area contributed by atoms with Crippen LogP contribution in [0.25, 0.3) is 0 Å². The molecule has 0 spiro atoms. The molecule has 0 bridgehead atoms. The van der Waals surface area contributed by atoms with E-state index in [1.807, 2.05) is 0 Å². The van der Waals surface area contributed by atoms with Crippen LogP contribution >= 0.6 is 0 Å². The predicted molar refractivity (Wildman–Crippen MR) is 97.6 cm³/mol. The first-order chi connectivity index (χ1) is 10.8. The van der Waals surface area contributed by atoms with Gasteiger partial charge in [-0.2, -0.15) is 0 Å². The highest BCUT2D eigenvalue weighted by atomic mass is 16.3. The Balaban J connectivity index is 0.000000240. The molecule has 0 saturated heterocycles. The molecule has 0 aromatic carbocycles. The first-order valence-electron chi connectivity index (χ1n) is 9.63. The third kappa shape index (κ3) is 6.62. The molecule has 2 rings (SSSR count). The summed E-state index contributed by atoms with van der Waals surface area (Å²) in [6.45, 7) is 11.5. The highest BCUT2D eigenvalue weighted by Gasteiger charge is 2.37. The smallest absolute Gasteiger partial charge is 0.0644 e. The molecule has 6 atom stereocenters. The van der Waals surface area contributed by atoms with Crippen molar-refractivity contribution in [2.45, 2.75) is 103 Å². The Labute approximate surface area is 148 Å². The van der Waals surface area contributed by atoms with Crippen LogP contribution in [0.1, 0.15) is 80.1 Å². The summed E-state index contributed by atoms with van der Waals surface area (Å²) in [6.07, 6.45) is 5.22. The van der Waals surface area contributed by atoms with Crippen LogP contribution in [0, 0.1) is 23.7 Å². The van der Waals surface area contributed by atoms with Crippen LogP contribution in [0.5, 0.6) is 0 Å². The summed E-state index contributed by atoms with van der Waals surface area (Å²) < 4.78 is 0. The summed E-state index contributed by atoms with van der Waals surface area (Å²) >= 11 is 0. The quantitative estimate of drug-likeness (QED) is 0.620. The fourth-order valence-corrected chi connectivity index (χ4v) is 4.35. The van der Waals surface area contributed by atoms with E-state index in [4.69, 9.17) is 0 Å². The normalized spacial score (nSPS) is 38.2. The Kier molecular flexibility index (Phi) is 7.73. The topological polar surface area (TPSA) is 80.9 Å². The van der Waals surface area contributed by atoms with E-state index >= 15 is 0 Å². The van der Waals surface area contributed by atoms with Crippen molar-refractivity contribution in [1.82, 2.24) is 0 Å². The largest absolute Gasteiger partial charge is 0.393 e. The summed E-state index contributed by atoms with van der Waals surface area (Å²) in [5.74, 6) is 1.35. The van der Waals surface area contributed by atoms with E-state index in [9.17, 15) is 20.4 Å². The van der Waals surface area contributed by atoms with E-state index in [1.165, 1.54) is 0 Å². The molecule has 0 unspecified atom stereocenters. The molecule has 4 heteroatoms. The molecule has 4 N–H and O–H groups in total. The number of hydrogen-bond acceptors (Lipinski definition) is 4. The molecule has 0 aliphatic heterocycles. The van der Waals surface area contributed by atoms with Crippen molar-refractivity contribution in [2.24, 2.45) is 23.7 Å². The highest BCUT2D eigenvalue weighted by Crippen LogP contribution is 2.36. The van der Waals surface area contributed by atoms with Gasteiger partial charge in [0.2, 0.25) is 0 Å². The molecule has 144 valence electrons. The molecule has 0 aromatic heterocycles. The molecule has 0 heterocycles. The maximum absolute atomic E-state index is 9.74. The third-order valence-corrected chi connectivity index (χ3v) is 5.97. The fraction of sp³-hybridized carbons (Fsp3) is 1.00. The lowest BCUT2D eigenvalue weighted by Crippen LogP contribution is -2.42. The Morgan fingerprint density at radius 1 is 0.625 bits per heavy atom. The van der Waals surface area contributed by atoms with Crippen molar-refractivity contribution in [2.75, 3.05) is 0 Å². The minimum Gasteiger partial charge on any atom is -0.393 e. The molecule has 2 aliphatic carbocycles. The Hall–Kier alpha value is -0.160. The standard InChI is InChI=1S/2C10H20O2/c2*1-7-4-5-8(9(11)6-7)10(2,3)12/h2*7-9,11-12H,4-6H2,1-3H3/t7-,8+,9-;7-,8-,9+/m00/s1. The van der Waals surface area contributed by atoms with Crippen molar-refractivity contribution < 1.29 is 20.4 Å². The van der Waals surface area contributed by atoms with E-state index in [-0.39, 0.29) is 24.0 Å². The average Bonchev–Trinajstić information content (AvgIpc) is 2.35. The van der Waals surface area contributed by atoms with E-state index in [0.29, 0.717) is 11.8 Å². The first kappa shape index (κ1) is 21.9. The molecule has 2 fully saturated rings. The van der Waals surface area contributed by atoms with Gasteiger partial charge in [0.25, 0.3) is 0 Å². The zero-order chi connectivity index (χ0) is 18.7. The summed E-state index contributed by atoms with van der Waals surface area (Å²) in [7, 11) is 0. The van der Waals surface area contributed by atoms with Crippen LogP contribution in [0.2, 0.25) is 0 Å². The Morgan fingerprint density at radius 3 is 1.12 bits per heavy atom.